The SMILES string of the molecule is CC(C)OC(=O)C(N)c1ccc(/C(=N/N)N(C)N)cc1. The van der Waals surface area contributed by atoms with Crippen molar-refractivity contribution >= 4 is 11.8 Å². The van der Waals surface area contributed by atoms with Crippen LogP contribution < -0.4 is 17.4 Å². The summed E-state index contributed by atoms with van der Waals surface area (Å²) in [4.78, 5) is 11.7. The highest BCUT2D eigenvalue weighted by Gasteiger charge is 2.18. The van der Waals surface area contributed by atoms with Crippen molar-refractivity contribution in [3.05, 3.63) is 35.4 Å². The normalized spacial score (nSPS) is 13.2. The molecule has 1 unspecified atom stereocenters. The number of amidine groups is 1. The molecule has 0 saturated carbocycles. The standard InChI is InChI=1S/C13H21N5O2/c1-8(2)20-13(19)11(14)9-4-6-10(7-5-9)12(17-15)18(3)16/h4-8,11H,14-16H2,1-3H3/b17-12-. The van der Waals surface area contributed by atoms with Gasteiger partial charge in [-0.25, -0.2) is 10.6 Å². The van der Waals surface area contributed by atoms with Crippen LogP contribution in [0.5, 0.6) is 0 Å². The second-order valence-corrected chi connectivity index (χ2v) is 4.65. The van der Waals surface area contributed by atoms with Gasteiger partial charge in [-0.1, -0.05) is 24.3 Å². The summed E-state index contributed by atoms with van der Waals surface area (Å²) in [6.45, 7) is 3.55. The van der Waals surface area contributed by atoms with E-state index in [9.17, 15) is 4.79 Å². The van der Waals surface area contributed by atoms with Crippen molar-refractivity contribution in [3.8, 4) is 0 Å². The molecule has 0 aromatic heterocycles. The molecule has 110 valence electrons. The number of carbonyl (C=O) groups is 1. The van der Waals surface area contributed by atoms with Gasteiger partial charge < -0.3 is 16.3 Å². The molecule has 1 aromatic carbocycles. The molecule has 20 heavy (non-hydrogen) atoms. The van der Waals surface area contributed by atoms with E-state index in [1.165, 1.54) is 5.01 Å². The van der Waals surface area contributed by atoms with Crippen LogP contribution in [0.4, 0.5) is 0 Å². The van der Waals surface area contributed by atoms with Crippen LogP contribution in [-0.4, -0.2) is 30.0 Å². The van der Waals surface area contributed by atoms with E-state index in [-0.39, 0.29) is 6.10 Å². The lowest BCUT2D eigenvalue weighted by atomic mass is 10.0. The van der Waals surface area contributed by atoms with E-state index >= 15 is 0 Å². The van der Waals surface area contributed by atoms with E-state index in [4.69, 9.17) is 22.2 Å². The first-order valence-corrected chi connectivity index (χ1v) is 6.19. The zero-order chi connectivity index (χ0) is 15.3. The molecule has 0 amide bonds. The lowest BCUT2D eigenvalue weighted by molar-refractivity contribution is -0.149. The molecule has 0 aliphatic carbocycles. The third-order valence-corrected chi connectivity index (χ3v) is 2.59. The van der Waals surface area contributed by atoms with E-state index in [0.29, 0.717) is 11.4 Å². The van der Waals surface area contributed by atoms with E-state index < -0.39 is 12.0 Å². The van der Waals surface area contributed by atoms with Crippen molar-refractivity contribution in [1.29, 1.82) is 0 Å². The van der Waals surface area contributed by atoms with Crippen molar-refractivity contribution < 1.29 is 9.53 Å². The fourth-order valence-corrected chi connectivity index (χ4v) is 1.65. The zero-order valence-corrected chi connectivity index (χ0v) is 11.9. The quantitative estimate of drug-likeness (QED) is 0.236. The van der Waals surface area contributed by atoms with Gasteiger partial charge in [0.1, 0.15) is 6.04 Å². The Morgan fingerprint density at radius 2 is 1.85 bits per heavy atom. The van der Waals surface area contributed by atoms with Crippen molar-refractivity contribution in [2.75, 3.05) is 7.05 Å². The number of hydrogen-bond donors (Lipinski definition) is 3. The van der Waals surface area contributed by atoms with Gasteiger partial charge in [0.15, 0.2) is 5.84 Å². The van der Waals surface area contributed by atoms with Gasteiger partial charge in [0.05, 0.1) is 6.10 Å². The number of rotatable bonds is 4. The summed E-state index contributed by atoms with van der Waals surface area (Å²) >= 11 is 0. The molecule has 6 N–H and O–H groups in total. The Labute approximate surface area is 118 Å². The van der Waals surface area contributed by atoms with E-state index in [0.717, 1.165) is 5.56 Å². The Morgan fingerprint density at radius 1 is 1.30 bits per heavy atom. The van der Waals surface area contributed by atoms with Crippen molar-refractivity contribution in [1.82, 2.24) is 5.01 Å². The van der Waals surface area contributed by atoms with Gasteiger partial charge in [0, 0.05) is 12.6 Å². The smallest absolute Gasteiger partial charge is 0.327 e. The summed E-state index contributed by atoms with van der Waals surface area (Å²) in [6.07, 6.45) is -0.199. The molecule has 0 aliphatic heterocycles. The van der Waals surface area contributed by atoms with Crippen LogP contribution in [-0.2, 0) is 9.53 Å². The monoisotopic (exact) mass is 279 g/mol. The van der Waals surface area contributed by atoms with Gasteiger partial charge in [0.2, 0.25) is 0 Å². The molecule has 1 aromatic rings. The Morgan fingerprint density at radius 3 is 2.25 bits per heavy atom. The summed E-state index contributed by atoms with van der Waals surface area (Å²) in [5.74, 6) is 10.8. The maximum atomic E-state index is 11.7. The van der Waals surface area contributed by atoms with E-state index in [2.05, 4.69) is 5.10 Å². The van der Waals surface area contributed by atoms with E-state index in [1.807, 2.05) is 0 Å². The van der Waals surface area contributed by atoms with Gasteiger partial charge in [-0.2, -0.15) is 5.10 Å². The fraction of sp³-hybridized carbons (Fsp3) is 0.385. The third-order valence-electron chi connectivity index (χ3n) is 2.59. The van der Waals surface area contributed by atoms with Gasteiger partial charge in [-0.3, -0.25) is 5.01 Å². The summed E-state index contributed by atoms with van der Waals surface area (Å²) in [7, 11) is 1.63. The lowest BCUT2D eigenvalue weighted by Gasteiger charge is -2.16. The second kappa shape index (κ2) is 6.88. The first-order valence-electron chi connectivity index (χ1n) is 6.19. The Balaban J connectivity index is 2.88. The van der Waals surface area contributed by atoms with Crippen LogP contribution in [0.25, 0.3) is 0 Å². The molecule has 0 radical (unpaired) electrons. The maximum absolute atomic E-state index is 11.7. The Bertz CT molecular complexity index is 482. The number of hydrazine groups is 1. The minimum Gasteiger partial charge on any atom is -0.462 e. The molecule has 0 heterocycles. The first-order chi connectivity index (χ1) is 9.36. The summed E-state index contributed by atoms with van der Waals surface area (Å²) in [5.41, 5.74) is 7.22. The van der Waals surface area contributed by atoms with Gasteiger partial charge >= 0.3 is 5.97 Å². The first kappa shape index (κ1) is 15.9. The second-order valence-electron chi connectivity index (χ2n) is 4.65. The molecule has 1 rings (SSSR count). The number of benzene rings is 1. The van der Waals surface area contributed by atoms with E-state index in [1.54, 1.807) is 45.2 Å². The molecule has 7 nitrogen and oxygen atoms in total. The topological polar surface area (TPSA) is 120 Å². The zero-order valence-electron chi connectivity index (χ0n) is 11.9. The van der Waals surface area contributed by atoms with Gasteiger partial charge in [-0.05, 0) is 19.4 Å². The van der Waals surface area contributed by atoms with Crippen LogP contribution >= 0.6 is 0 Å². The third kappa shape index (κ3) is 3.94. The molecule has 0 bridgehead atoms. The number of hydrogen-bond acceptors (Lipinski definition) is 6. The van der Waals surface area contributed by atoms with Crippen LogP contribution in [0.3, 0.4) is 0 Å². The van der Waals surface area contributed by atoms with Crippen molar-refractivity contribution in [3.63, 3.8) is 0 Å². The highest BCUT2D eigenvalue weighted by molar-refractivity contribution is 5.98. The van der Waals surface area contributed by atoms with Gasteiger partial charge in [-0.15, -0.1) is 0 Å². The minimum atomic E-state index is -0.819. The number of ether oxygens (including phenoxy) is 1. The number of hydrazone groups is 1. The molecular formula is C13H21N5O2. The number of carbonyl (C=O) groups excluding carboxylic acids is 1. The average molecular weight is 279 g/mol. The minimum absolute atomic E-state index is 0.199. The fourth-order valence-electron chi connectivity index (χ4n) is 1.65. The molecule has 7 heteroatoms. The predicted molar refractivity (Wildman–Crippen MR) is 77.3 cm³/mol. The highest BCUT2D eigenvalue weighted by atomic mass is 16.5. The lowest BCUT2D eigenvalue weighted by Crippen LogP contribution is -2.34. The predicted octanol–water partition coefficient (Wildman–Crippen LogP) is 0.0638. The Kier molecular flexibility index (Phi) is 5.48. The molecule has 1 atom stereocenters. The summed E-state index contributed by atoms with van der Waals surface area (Å²) in [5, 5.41) is 4.91. The van der Waals surface area contributed by atoms with Crippen molar-refractivity contribution in [2.24, 2.45) is 22.5 Å². The highest BCUT2D eigenvalue weighted by Crippen LogP contribution is 2.14. The number of esters is 1. The number of nitrogens with zero attached hydrogens (tertiary/aromatic N) is 2. The van der Waals surface area contributed by atoms with Crippen LogP contribution in [0.1, 0.15) is 31.0 Å². The number of nitrogens with two attached hydrogens (primary N) is 3. The largest absolute Gasteiger partial charge is 0.462 e. The summed E-state index contributed by atoms with van der Waals surface area (Å²) < 4.78 is 5.07. The Hall–Kier alpha value is -2.12. The summed E-state index contributed by atoms with van der Waals surface area (Å²) in [6, 6.07) is 6.10. The van der Waals surface area contributed by atoms with Gasteiger partial charge in [0.25, 0.3) is 0 Å². The maximum Gasteiger partial charge on any atom is 0.327 e. The van der Waals surface area contributed by atoms with Crippen LogP contribution in [0.2, 0.25) is 0 Å². The average Bonchev–Trinajstić information content (AvgIpc) is 2.38. The molecule has 0 spiro atoms. The molecule has 0 fully saturated rings. The van der Waals surface area contributed by atoms with Crippen molar-refractivity contribution in [2.45, 2.75) is 26.0 Å². The van der Waals surface area contributed by atoms with Crippen LogP contribution in [0, 0.1) is 0 Å². The molecular weight excluding hydrogens is 258 g/mol. The van der Waals surface area contributed by atoms with Crippen LogP contribution in [0.15, 0.2) is 29.4 Å². The molecule has 0 aliphatic rings. The molecule has 0 saturated heterocycles.